The molecule has 0 fully saturated rings. The number of aryl methyl sites for hydroxylation is 6. The van der Waals surface area contributed by atoms with Crippen molar-refractivity contribution >= 4 is 38.7 Å². The second kappa shape index (κ2) is 59.6. The third kappa shape index (κ3) is 44.6. The van der Waals surface area contributed by atoms with E-state index in [0.717, 1.165) is 57.8 Å². The van der Waals surface area contributed by atoms with E-state index in [9.17, 15) is 28.4 Å². The summed E-state index contributed by atoms with van der Waals surface area (Å²) in [7, 11) is -12.4. The smallest absolute Gasteiger partial charge is 0.765 e. The zero-order chi connectivity index (χ0) is 73.5. The minimum atomic E-state index is -4.14. The van der Waals surface area contributed by atoms with Crippen LogP contribution in [0, 0.1) is 40.8 Å². The zero-order valence-electron chi connectivity index (χ0n) is 65.3. The summed E-state index contributed by atoms with van der Waals surface area (Å²) in [5.74, 6) is 1.15. The summed E-state index contributed by atoms with van der Waals surface area (Å²) < 4.78 is 54.3. The summed E-state index contributed by atoms with van der Waals surface area (Å²) in [6.45, 7) is 13.4. The fourth-order valence-electron chi connectivity index (χ4n) is 13.0. The van der Waals surface area contributed by atoms with Crippen molar-refractivity contribution in [1.82, 2.24) is 0 Å². The molecule has 0 saturated heterocycles. The SMILES string of the molecule is CCCCCCCCCc1ccc(OP(=O)([O-])c2ccc(CCCCCCCCC)cc2)cc1.CCCCCCCCCc1ccc(OP(=O)([O-])c2ccc(CCCCCCCCC)cc2)cc1.CCCCCCCCCc1ccc(OP(=O)([O-])c2ccc(CCCCCCCCC)cc2)cc1.[Nd+3]. The van der Waals surface area contributed by atoms with Crippen LogP contribution in [0.1, 0.15) is 345 Å². The van der Waals surface area contributed by atoms with E-state index in [-0.39, 0.29) is 56.8 Å². The molecule has 1 radical (unpaired) electrons. The molecule has 13 heteroatoms. The van der Waals surface area contributed by atoms with Gasteiger partial charge in [-0.25, -0.2) is 0 Å². The molecule has 6 aromatic rings. The van der Waals surface area contributed by atoms with Crippen LogP contribution in [-0.4, -0.2) is 0 Å². The molecule has 0 heterocycles. The van der Waals surface area contributed by atoms with E-state index in [0.29, 0.717) is 17.2 Å². The van der Waals surface area contributed by atoms with Crippen molar-refractivity contribution in [1.29, 1.82) is 0 Å². The second-order valence-electron chi connectivity index (χ2n) is 28.9. The molecule has 3 atom stereocenters. The Morgan fingerprint density at radius 1 is 0.204 bits per heavy atom. The van der Waals surface area contributed by atoms with Gasteiger partial charge in [-0.15, -0.1) is 0 Å². The third-order valence-corrected chi connectivity index (χ3v) is 23.8. The van der Waals surface area contributed by atoms with Crippen LogP contribution < -0.4 is 44.2 Å². The van der Waals surface area contributed by atoms with Crippen LogP contribution in [0.15, 0.2) is 146 Å². The monoisotopic (exact) mass is 1600 g/mol. The number of benzene rings is 6. The molecule has 6 aromatic carbocycles. The van der Waals surface area contributed by atoms with Crippen LogP contribution in [0.4, 0.5) is 0 Å². The van der Waals surface area contributed by atoms with Gasteiger partial charge in [0.2, 0.25) is 22.8 Å². The number of hydrogen-bond acceptors (Lipinski definition) is 9. The first-order chi connectivity index (χ1) is 49.6. The molecule has 571 valence electrons. The molecular weight excluding hydrogens is 1460 g/mol. The predicted octanol–water partition coefficient (Wildman–Crippen LogP) is 25.6. The maximum absolute atomic E-state index is 12.7. The van der Waals surface area contributed by atoms with Gasteiger partial charge in [0.15, 0.2) is 0 Å². The Bertz CT molecular complexity index is 2790. The summed E-state index contributed by atoms with van der Waals surface area (Å²) in [5.41, 5.74) is 7.26. The fraction of sp³-hybridized carbons (Fsp3) is 0.600. The quantitative estimate of drug-likeness (QED) is 0.0269. The largest absolute Gasteiger partial charge is 3.00 e. The molecule has 3 unspecified atom stereocenters. The van der Waals surface area contributed by atoms with Gasteiger partial charge in [-0.05, 0) is 183 Å². The summed E-state index contributed by atoms with van der Waals surface area (Å²) in [4.78, 5) is 38.1. The van der Waals surface area contributed by atoms with E-state index >= 15 is 0 Å². The normalized spacial score (nSPS) is 12.9. The molecule has 103 heavy (non-hydrogen) atoms. The maximum Gasteiger partial charge on any atom is 3.00 e. The van der Waals surface area contributed by atoms with Crippen LogP contribution in [0.2, 0.25) is 0 Å². The first-order valence-corrected chi connectivity index (χ1v) is 45.8. The van der Waals surface area contributed by atoms with Crippen LogP contribution in [-0.2, 0) is 52.2 Å². The molecule has 0 bridgehead atoms. The Morgan fingerprint density at radius 2 is 0.330 bits per heavy atom. The van der Waals surface area contributed by atoms with E-state index in [1.165, 1.54) is 284 Å². The van der Waals surface area contributed by atoms with Crippen molar-refractivity contribution < 1.29 is 82.8 Å². The third-order valence-electron chi connectivity index (χ3n) is 19.6. The average molecular weight is 1600 g/mol. The number of unbranched alkanes of at least 4 members (excludes halogenated alkanes) is 36. The van der Waals surface area contributed by atoms with Crippen molar-refractivity contribution in [3.63, 3.8) is 0 Å². The summed E-state index contributed by atoms with van der Waals surface area (Å²) in [5, 5.41) is 0.717. The fourth-order valence-corrected chi connectivity index (χ4v) is 16.0. The van der Waals surface area contributed by atoms with Gasteiger partial charge in [-0.3, -0.25) is 13.7 Å². The van der Waals surface area contributed by atoms with Gasteiger partial charge in [0.05, 0.1) is 0 Å². The van der Waals surface area contributed by atoms with Gasteiger partial charge in [0.25, 0.3) is 0 Å². The van der Waals surface area contributed by atoms with E-state index in [2.05, 4.69) is 41.5 Å². The first-order valence-electron chi connectivity index (χ1n) is 41.2. The Balaban J connectivity index is 0.000000399. The molecule has 0 saturated carbocycles. The molecular formula is C90H138NdO9P3. The molecule has 0 aromatic heterocycles. The topological polar surface area (TPSA) is 148 Å². The van der Waals surface area contributed by atoms with Crippen LogP contribution in [0.25, 0.3) is 0 Å². The van der Waals surface area contributed by atoms with E-state index in [1.54, 1.807) is 72.8 Å². The van der Waals surface area contributed by atoms with E-state index in [4.69, 9.17) is 13.6 Å². The van der Waals surface area contributed by atoms with Crippen LogP contribution >= 0.6 is 22.8 Å². The van der Waals surface area contributed by atoms with Gasteiger partial charge in [-0.2, -0.15) is 0 Å². The Morgan fingerprint density at radius 3 is 0.476 bits per heavy atom. The molecule has 6 rings (SSSR count). The number of hydrogen-bond donors (Lipinski definition) is 0. The molecule has 9 nitrogen and oxygen atoms in total. The van der Waals surface area contributed by atoms with E-state index < -0.39 is 22.8 Å². The predicted molar refractivity (Wildman–Crippen MR) is 432 cm³/mol. The van der Waals surface area contributed by atoms with Gasteiger partial charge in [0.1, 0.15) is 17.2 Å². The summed E-state index contributed by atoms with van der Waals surface area (Å²) in [6, 6.07) is 44.2. The van der Waals surface area contributed by atoms with Crippen molar-refractivity contribution in [2.45, 2.75) is 350 Å². The molecule has 0 spiro atoms. The Hall–Kier alpha value is -3.36. The number of rotatable bonds is 57. The summed E-state index contributed by atoms with van der Waals surface area (Å²) >= 11 is 0. The van der Waals surface area contributed by atoms with Crippen LogP contribution in [0.3, 0.4) is 0 Å². The molecule has 0 aliphatic heterocycles. The molecule has 0 aliphatic rings. The maximum atomic E-state index is 12.7. The minimum absolute atomic E-state index is 0. The Kier molecular flexibility index (Phi) is 54.3. The van der Waals surface area contributed by atoms with Crippen molar-refractivity contribution in [2.75, 3.05) is 0 Å². The molecule has 0 N–H and O–H groups in total. The molecule has 0 amide bonds. The average Bonchev–Trinajstić information content (AvgIpc) is 0.842. The van der Waals surface area contributed by atoms with Gasteiger partial charge in [-0.1, -0.05) is 345 Å². The van der Waals surface area contributed by atoms with Crippen LogP contribution in [0.5, 0.6) is 17.2 Å². The second-order valence-corrected chi connectivity index (χ2v) is 34.0. The zero-order valence-corrected chi connectivity index (χ0v) is 71.2. The standard InChI is InChI=1S/3C30H47O3P.Nd/c3*1-3-5-7-9-11-13-15-17-27-19-23-29(24-20-27)33-34(31,32)30-25-21-28(22-26-30)18-16-14-12-10-8-6-4-2;/h3*19-26H,3-18H2,1-2H3,(H,31,32);/q;;;+3/p-3. The van der Waals surface area contributed by atoms with Crippen molar-refractivity contribution in [3.05, 3.63) is 179 Å². The van der Waals surface area contributed by atoms with Gasteiger partial charge < -0.3 is 28.3 Å². The van der Waals surface area contributed by atoms with Crippen molar-refractivity contribution in [3.8, 4) is 17.2 Å². The Labute approximate surface area is 662 Å². The van der Waals surface area contributed by atoms with Crippen molar-refractivity contribution in [2.24, 2.45) is 0 Å². The first kappa shape index (κ1) is 93.8. The minimum Gasteiger partial charge on any atom is -0.765 e. The summed E-state index contributed by atoms with van der Waals surface area (Å²) in [6.07, 6.45) is 60.1. The van der Waals surface area contributed by atoms with E-state index in [1.807, 2.05) is 72.8 Å². The molecule has 0 aliphatic carbocycles. The van der Waals surface area contributed by atoms with Gasteiger partial charge >= 0.3 is 40.8 Å². The van der Waals surface area contributed by atoms with Gasteiger partial charge in [0, 0.05) is 15.9 Å².